The van der Waals surface area contributed by atoms with Crippen LogP contribution in [0.5, 0.6) is 0 Å². The minimum atomic E-state index is -0.532. The van der Waals surface area contributed by atoms with Crippen molar-refractivity contribution in [1.82, 2.24) is 0 Å². The highest BCUT2D eigenvalue weighted by atomic mass is 16.6. The number of ketones is 2. The Morgan fingerprint density at radius 3 is 2.56 bits per heavy atom. The van der Waals surface area contributed by atoms with Crippen LogP contribution in [0.3, 0.4) is 0 Å². The van der Waals surface area contributed by atoms with Crippen LogP contribution in [0.15, 0.2) is 46.9 Å². The van der Waals surface area contributed by atoms with Gasteiger partial charge in [-0.3, -0.25) is 19.7 Å². The molecule has 6 heteroatoms. The zero-order valence-corrected chi connectivity index (χ0v) is 15.2. The third-order valence-corrected chi connectivity index (χ3v) is 4.47. The number of nitrogens with zero attached hydrogens (tertiary/aromatic N) is 1. The van der Waals surface area contributed by atoms with E-state index in [4.69, 9.17) is 4.42 Å². The predicted octanol–water partition coefficient (Wildman–Crippen LogP) is 5.12. The van der Waals surface area contributed by atoms with Gasteiger partial charge in [-0.1, -0.05) is 37.6 Å². The molecule has 0 saturated heterocycles. The fourth-order valence-electron chi connectivity index (χ4n) is 3.11. The van der Waals surface area contributed by atoms with Crippen molar-refractivity contribution in [2.24, 2.45) is 0 Å². The Bertz CT molecular complexity index is 1050. The molecule has 3 aromatic rings. The Morgan fingerprint density at radius 1 is 1.15 bits per heavy atom. The number of hydrogen-bond donors (Lipinski definition) is 0. The lowest BCUT2D eigenvalue weighted by Gasteiger charge is -2.03. The second-order valence-corrected chi connectivity index (χ2v) is 6.38. The fraction of sp³-hybridized carbons (Fsp3) is 0.238. The Hall–Kier alpha value is -3.28. The molecule has 3 rings (SSSR count). The molecule has 0 bridgehead atoms. The maximum atomic E-state index is 13.2. The monoisotopic (exact) mass is 365 g/mol. The number of rotatable bonds is 7. The smallest absolute Gasteiger partial charge is 0.270 e. The summed E-state index contributed by atoms with van der Waals surface area (Å²) in [5, 5.41) is 11.6. The Labute approximate surface area is 155 Å². The van der Waals surface area contributed by atoms with Crippen molar-refractivity contribution >= 4 is 28.2 Å². The summed E-state index contributed by atoms with van der Waals surface area (Å²) in [5.41, 5.74) is 1.27. The average Bonchev–Trinajstić information content (AvgIpc) is 3.03. The van der Waals surface area contributed by atoms with Gasteiger partial charge in [-0.15, -0.1) is 0 Å². The number of aryl methyl sites for hydroxylation is 1. The Morgan fingerprint density at radius 2 is 1.89 bits per heavy atom. The molecule has 0 atom stereocenters. The molecular formula is C21H19NO5. The Kier molecular flexibility index (Phi) is 5.16. The van der Waals surface area contributed by atoms with Gasteiger partial charge in [0, 0.05) is 29.5 Å². The second-order valence-electron chi connectivity index (χ2n) is 6.38. The number of furan rings is 1. The van der Waals surface area contributed by atoms with Gasteiger partial charge in [-0.05, 0) is 19.4 Å². The number of benzene rings is 2. The molecule has 0 unspecified atom stereocenters. The van der Waals surface area contributed by atoms with Gasteiger partial charge in [0.05, 0.1) is 16.1 Å². The van der Waals surface area contributed by atoms with E-state index in [1.807, 2.05) is 6.92 Å². The van der Waals surface area contributed by atoms with Gasteiger partial charge in [0.25, 0.3) is 5.69 Å². The van der Waals surface area contributed by atoms with Crippen LogP contribution >= 0.6 is 0 Å². The number of fused-ring (bicyclic) bond motifs is 1. The zero-order chi connectivity index (χ0) is 19.6. The summed E-state index contributed by atoms with van der Waals surface area (Å²) >= 11 is 0. The summed E-state index contributed by atoms with van der Waals surface area (Å²) in [6, 6.07) is 10.8. The van der Waals surface area contributed by atoms with E-state index in [0.29, 0.717) is 34.3 Å². The van der Waals surface area contributed by atoms with Gasteiger partial charge in [0.15, 0.2) is 11.6 Å². The van der Waals surface area contributed by atoms with E-state index in [9.17, 15) is 19.7 Å². The van der Waals surface area contributed by atoms with Crippen LogP contribution in [0.1, 0.15) is 58.7 Å². The van der Waals surface area contributed by atoms with E-state index in [2.05, 4.69) is 0 Å². The highest BCUT2D eigenvalue weighted by molar-refractivity contribution is 6.19. The van der Waals surface area contributed by atoms with E-state index >= 15 is 0 Å². The summed E-state index contributed by atoms with van der Waals surface area (Å²) in [4.78, 5) is 35.6. The Balaban J connectivity index is 2.20. The van der Waals surface area contributed by atoms with E-state index < -0.39 is 4.92 Å². The quantitative estimate of drug-likeness (QED) is 0.329. The minimum absolute atomic E-state index is 0.145. The van der Waals surface area contributed by atoms with Crippen molar-refractivity contribution in [2.75, 3.05) is 0 Å². The lowest BCUT2D eigenvalue weighted by molar-refractivity contribution is -0.384. The molecule has 0 aliphatic rings. The fourth-order valence-corrected chi connectivity index (χ4v) is 3.11. The van der Waals surface area contributed by atoms with Crippen molar-refractivity contribution in [1.29, 1.82) is 0 Å². The van der Waals surface area contributed by atoms with Crippen molar-refractivity contribution in [2.45, 2.75) is 33.1 Å². The molecule has 138 valence electrons. The molecule has 1 aromatic heterocycles. The first-order valence-electron chi connectivity index (χ1n) is 8.78. The standard InChI is InChI=1S/C21H19NO5/c1-3-4-11-18-19(17-10-6-9-16(13(2)23)21(17)27-18)20(24)14-7-5-8-15(12-14)22(25)26/h5-10,12H,3-4,11H2,1-2H3. The van der Waals surface area contributed by atoms with Crippen LogP contribution in [-0.4, -0.2) is 16.5 Å². The number of Topliss-reactive ketones (excluding diaryl/α,β-unsaturated/α-hetero) is 1. The van der Waals surface area contributed by atoms with Crippen LogP contribution in [0, 0.1) is 10.1 Å². The minimum Gasteiger partial charge on any atom is -0.460 e. The summed E-state index contributed by atoms with van der Waals surface area (Å²) in [7, 11) is 0. The number of para-hydroxylation sites is 1. The third-order valence-electron chi connectivity index (χ3n) is 4.47. The lowest BCUT2D eigenvalue weighted by atomic mass is 9.97. The maximum Gasteiger partial charge on any atom is 0.270 e. The van der Waals surface area contributed by atoms with Crippen molar-refractivity contribution in [3.05, 3.63) is 75.0 Å². The first-order valence-corrected chi connectivity index (χ1v) is 8.78. The van der Waals surface area contributed by atoms with Gasteiger partial charge in [-0.25, -0.2) is 0 Å². The number of carbonyl (C=O) groups excluding carboxylic acids is 2. The van der Waals surface area contributed by atoms with E-state index in [0.717, 1.165) is 12.8 Å². The molecule has 0 aliphatic heterocycles. The van der Waals surface area contributed by atoms with Crippen molar-refractivity contribution in [3.63, 3.8) is 0 Å². The van der Waals surface area contributed by atoms with Gasteiger partial charge in [0.2, 0.25) is 0 Å². The molecule has 0 saturated carbocycles. The number of nitro groups is 1. The van der Waals surface area contributed by atoms with E-state index in [1.165, 1.54) is 25.1 Å². The number of nitro benzene ring substituents is 1. The van der Waals surface area contributed by atoms with E-state index in [-0.39, 0.29) is 22.8 Å². The number of carbonyl (C=O) groups is 2. The first kappa shape index (κ1) is 18.5. The molecule has 27 heavy (non-hydrogen) atoms. The number of non-ortho nitro benzene ring substituents is 1. The van der Waals surface area contributed by atoms with Crippen LogP contribution in [0.4, 0.5) is 5.69 Å². The van der Waals surface area contributed by atoms with Gasteiger partial charge >= 0.3 is 0 Å². The third kappa shape index (κ3) is 3.51. The van der Waals surface area contributed by atoms with Crippen LogP contribution in [-0.2, 0) is 6.42 Å². The highest BCUT2D eigenvalue weighted by Gasteiger charge is 2.24. The molecule has 0 radical (unpaired) electrons. The summed E-state index contributed by atoms with van der Waals surface area (Å²) in [5.74, 6) is 0.0204. The summed E-state index contributed by atoms with van der Waals surface area (Å²) in [6.45, 7) is 3.48. The molecule has 2 aromatic carbocycles. The molecule has 6 nitrogen and oxygen atoms in total. The van der Waals surface area contributed by atoms with Gasteiger partial charge in [0.1, 0.15) is 11.3 Å². The summed E-state index contributed by atoms with van der Waals surface area (Å²) in [6.07, 6.45) is 2.30. The largest absolute Gasteiger partial charge is 0.460 e. The van der Waals surface area contributed by atoms with Crippen LogP contribution in [0.2, 0.25) is 0 Å². The second kappa shape index (κ2) is 7.53. The molecule has 0 amide bonds. The molecule has 0 aliphatic carbocycles. The van der Waals surface area contributed by atoms with Crippen molar-refractivity contribution in [3.8, 4) is 0 Å². The molecule has 0 fully saturated rings. The maximum absolute atomic E-state index is 13.2. The molecule has 0 spiro atoms. The molecule has 0 N–H and O–H groups in total. The lowest BCUT2D eigenvalue weighted by Crippen LogP contribution is -2.05. The molecular weight excluding hydrogens is 346 g/mol. The first-order chi connectivity index (χ1) is 12.9. The van der Waals surface area contributed by atoms with E-state index in [1.54, 1.807) is 24.3 Å². The zero-order valence-electron chi connectivity index (χ0n) is 15.2. The normalized spacial score (nSPS) is 10.9. The van der Waals surface area contributed by atoms with Crippen LogP contribution in [0.25, 0.3) is 11.0 Å². The number of unbranched alkanes of at least 4 members (excludes halogenated alkanes) is 1. The topological polar surface area (TPSA) is 90.4 Å². The highest BCUT2D eigenvalue weighted by Crippen LogP contribution is 2.32. The van der Waals surface area contributed by atoms with Crippen LogP contribution < -0.4 is 0 Å². The van der Waals surface area contributed by atoms with Gasteiger partial charge in [-0.2, -0.15) is 0 Å². The SMILES string of the molecule is CCCCc1oc2c(C(C)=O)cccc2c1C(=O)c1cccc([N+](=O)[O-])c1. The summed E-state index contributed by atoms with van der Waals surface area (Å²) < 4.78 is 5.94. The predicted molar refractivity (Wildman–Crippen MR) is 101 cm³/mol. The molecule has 1 heterocycles. The number of hydrogen-bond acceptors (Lipinski definition) is 5. The average molecular weight is 365 g/mol. The van der Waals surface area contributed by atoms with Gasteiger partial charge < -0.3 is 4.42 Å². The van der Waals surface area contributed by atoms with Crippen molar-refractivity contribution < 1.29 is 18.9 Å².